The summed E-state index contributed by atoms with van der Waals surface area (Å²) < 4.78 is 2.98. The molecule has 0 saturated heterocycles. The summed E-state index contributed by atoms with van der Waals surface area (Å²) in [7, 11) is 0. The zero-order valence-corrected chi connectivity index (χ0v) is 9.86. The molecular formula is C10H8ClN7. The quantitative estimate of drug-likeness (QED) is 0.746. The van der Waals surface area contributed by atoms with Gasteiger partial charge in [0, 0.05) is 0 Å². The monoisotopic (exact) mass is 261 g/mol. The molecule has 0 fully saturated rings. The predicted molar refractivity (Wildman–Crippen MR) is 65.7 cm³/mol. The molecule has 0 atom stereocenters. The molecule has 0 spiro atoms. The van der Waals surface area contributed by atoms with Crippen LogP contribution in [0.3, 0.4) is 0 Å². The van der Waals surface area contributed by atoms with Crippen LogP contribution < -0.4 is 5.73 Å². The van der Waals surface area contributed by atoms with Crippen molar-refractivity contribution in [2.75, 3.05) is 5.73 Å². The van der Waals surface area contributed by atoms with E-state index in [1.54, 1.807) is 10.9 Å². The van der Waals surface area contributed by atoms with Crippen LogP contribution in [0.1, 0.15) is 0 Å². The Kier molecular flexibility index (Phi) is 2.45. The van der Waals surface area contributed by atoms with Crippen molar-refractivity contribution in [3.05, 3.63) is 41.6 Å². The molecule has 18 heavy (non-hydrogen) atoms. The number of hydrogen-bond donors (Lipinski definition) is 1. The molecule has 7 nitrogen and oxygen atoms in total. The summed E-state index contributed by atoms with van der Waals surface area (Å²) in [6.45, 7) is 0. The Balaban J connectivity index is 2.12. The number of benzene rings is 1. The largest absolute Gasteiger partial charge is 0.381 e. The SMILES string of the molecule is Nc1nn(-c2nnnn2-c2ccccc2)cc1Cl. The van der Waals surface area contributed by atoms with Crippen molar-refractivity contribution in [1.82, 2.24) is 30.0 Å². The zero-order chi connectivity index (χ0) is 12.5. The molecule has 0 saturated carbocycles. The molecule has 3 aromatic rings. The zero-order valence-electron chi connectivity index (χ0n) is 9.10. The van der Waals surface area contributed by atoms with Gasteiger partial charge in [0.05, 0.1) is 11.9 Å². The van der Waals surface area contributed by atoms with Gasteiger partial charge in [-0.1, -0.05) is 34.9 Å². The number of tetrazole rings is 1. The molecule has 0 amide bonds. The van der Waals surface area contributed by atoms with E-state index < -0.39 is 0 Å². The second-order valence-corrected chi connectivity index (χ2v) is 3.94. The molecule has 0 aliphatic carbocycles. The number of nitrogens with two attached hydrogens (primary N) is 1. The third-order valence-electron chi connectivity index (χ3n) is 2.35. The van der Waals surface area contributed by atoms with Crippen molar-refractivity contribution in [2.24, 2.45) is 0 Å². The average Bonchev–Trinajstić information content (AvgIpc) is 2.98. The lowest BCUT2D eigenvalue weighted by atomic mass is 10.3. The van der Waals surface area contributed by atoms with Crippen LogP contribution in [0.25, 0.3) is 11.6 Å². The van der Waals surface area contributed by atoms with E-state index in [0.717, 1.165) is 5.69 Å². The maximum Gasteiger partial charge on any atom is 0.275 e. The van der Waals surface area contributed by atoms with Crippen molar-refractivity contribution < 1.29 is 0 Å². The Morgan fingerprint density at radius 3 is 2.61 bits per heavy atom. The Labute approximate surface area is 107 Å². The molecule has 0 radical (unpaired) electrons. The number of nitrogens with zero attached hydrogens (tertiary/aromatic N) is 6. The van der Waals surface area contributed by atoms with E-state index in [-0.39, 0.29) is 5.82 Å². The first-order valence-electron chi connectivity index (χ1n) is 5.10. The summed E-state index contributed by atoms with van der Waals surface area (Å²) in [6.07, 6.45) is 1.56. The Hall–Kier alpha value is -2.41. The summed E-state index contributed by atoms with van der Waals surface area (Å²) in [4.78, 5) is 0. The van der Waals surface area contributed by atoms with Gasteiger partial charge >= 0.3 is 0 Å². The molecule has 0 aliphatic rings. The molecule has 3 rings (SSSR count). The Morgan fingerprint density at radius 2 is 1.94 bits per heavy atom. The lowest BCUT2D eigenvalue weighted by molar-refractivity contribution is 0.742. The normalized spacial score (nSPS) is 10.7. The van der Waals surface area contributed by atoms with Crippen LogP contribution in [0.15, 0.2) is 36.5 Å². The third kappa shape index (κ3) is 1.70. The minimum Gasteiger partial charge on any atom is -0.381 e. The predicted octanol–water partition coefficient (Wildman–Crippen LogP) is 1.08. The van der Waals surface area contributed by atoms with Gasteiger partial charge in [-0.2, -0.15) is 4.68 Å². The topological polar surface area (TPSA) is 87.4 Å². The van der Waals surface area contributed by atoms with Gasteiger partial charge in [-0.05, 0) is 22.6 Å². The van der Waals surface area contributed by atoms with Crippen LogP contribution in [0.4, 0.5) is 5.82 Å². The maximum atomic E-state index is 5.86. The summed E-state index contributed by atoms with van der Waals surface area (Å²) in [5.74, 6) is 0.652. The first-order chi connectivity index (χ1) is 8.75. The average molecular weight is 262 g/mol. The number of nitrogen functional groups attached to an aromatic ring is 1. The Bertz CT molecular complexity index is 653. The number of aromatic nitrogens is 6. The minimum absolute atomic E-state index is 0.235. The highest BCUT2D eigenvalue weighted by Crippen LogP contribution is 2.18. The Morgan fingerprint density at radius 1 is 1.17 bits per heavy atom. The number of anilines is 1. The third-order valence-corrected chi connectivity index (χ3v) is 2.65. The molecule has 90 valence electrons. The standard InChI is InChI=1S/C10H8ClN7/c11-8-6-17(14-9(8)12)10-13-15-16-18(10)7-4-2-1-3-5-7/h1-6H,(H2,12,14). The molecule has 8 heteroatoms. The minimum atomic E-state index is 0.235. The highest BCUT2D eigenvalue weighted by atomic mass is 35.5. The van der Waals surface area contributed by atoms with E-state index in [1.165, 1.54) is 4.68 Å². The molecule has 1 aromatic carbocycles. The van der Waals surface area contributed by atoms with E-state index >= 15 is 0 Å². The maximum absolute atomic E-state index is 5.86. The fourth-order valence-corrected chi connectivity index (χ4v) is 1.66. The smallest absolute Gasteiger partial charge is 0.275 e. The van der Waals surface area contributed by atoms with Gasteiger partial charge < -0.3 is 5.73 Å². The van der Waals surface area contributed by atoms with Crippen LogP contribution in [0.2, 0.25) is 5.02 Å². The van der Waals surface area contributed by atoms with E-state index in [1.807, 2.05) is 30.3 Å². The fraction of sp³-hybridized carbons (Fsp3) is 0. The number of para-hydroxylation sites is 1. The van der Waals surface area contributed by atoms with E-state index in [4.69, 9.17) is 17.3 Å². The van der Waals surface area contributed by atoms with Crippen molar-refractivity contribution in [3.63, 3.8) is 0 Å². The van der Waals surface area contributed by atoms with Crippen LogP contribution in [0.5, 0.6) is 0 Å². The van der Waals surface area contributed by atoms with Crippen LogP contribution in [-0.4, -0.2) is 30.0 Å². The van der Waals surface area contributed by atoms with Crippen molar-refractivity contribution in [1.29, 1.82) is 0 Å². The molecule has 0 aliphatic heterocycles. The van der Waals surface area contributed by atoms with Gasteiger partial charge in [0.25, 0.3) is 5.95 Å². The molecule has 0 bridgehead atoms. The van der Waals surface area contributed by atoms with E-state index in [9.17, 15) is 0 Å². The number of hydrogen-bond acceptors (Lipinski definition) is 5. The highest BCUT2D eigenvalue weighted by Gasteiger charge is 2.13. The van der Waals surface area contributed by atoms with Crippen molar-refractivity contribution in [3.8, 4) is 11.6 Å². The van der Waals surface area contributed by atoms with Gasteiger partial charge in [0.1, 0.15) is 5.02 Å². The van der Waals surface area contributed by atoms with Crippen LogP contribution in [-0.2, 0) is 0 Å². The van der Waals surface area contributed by atoms with Gasteiger partial charge in [-0.15, -0.1) is 5.10 Å². The van der Waals surface area contributed by atoms with Gasteiger partial charge in [-0.25, -0.2) is 4.68 Å². The second-order valence-electron chi connectivity index (χ2n) is 3.53. The van der Waals surface area contributed by atoms with Crippen molar-refractivity contribution in [2.45, 2.75) is 0 Å². The van der Waals surface area contributed by atoms with Gasteiger partial charge in [-0.3, -0.25) is 0 Å². The van der Waals surface area contributed by atoms with E-state index in [2.05, 4.69) is 20.6 Å². The summed E-state index contributed by atoms with van der Waals surface area (Å²) in [6, 6.07) is 9.47. The molecule has 2 N–H and O–H groups in total. The summed E-state index contributed by atoms with van der Waals surface area (Å²) >= 11 is 5.86. The second kappa shape index (κ2) is 4.11. The van der Waals surface area contributed by atoms with Crippen molar-refractivity contribution >= 4 is 17.4 Å². The number of halogens is 1. The lowest BCUT2D eigenvalue weighted by Gasteiger charge is -2.02. The van der Waals surface area contributed by atoms with Crippen LogP contribution >= 0.6 is 11.6 Å². The summed E-state index contributed by atoms with van der Waals surface area (Å²) in [5.41, 5.74) is 6.42. The molecular weight excluding hydrogens is 254 g/mol. The van der Waals surface area contributed by atoms with Crippen LogP contribution in [0, 0.1) is 0 Å². The highest BCUT2D eigenvalue weighted by molar-refractivity contribution is 6.32. The first kappa shape index (κ1) is 10.7. The number of rotatable bonds is 2. The molecule has 0 unspecified atom stereocenters. The van der Waals surface area contributed by atoms with Gasteiger partial charge in [0.15, 0.2) is 5.82 Å². The van der Waals surface area contributed by atoms with Gasteiger partial charge in [0.2, 0.25) is 0 Å². The first-order valence-corrected chi connectivity index (χ1v) is 5.48. The summed E-state index contributed by atoms with van der Waals surface area (Å²) in [5, 5.41) is 15.8. The fourth-order valence-electron chi connectivity index (χ4n) is 1.53. The lowest BCUT2D eigenvalue weighted by Crippen LogP contribution is -2.07. The molecule has 2 aromatic heterocycles. The van der Waals surface area contributed by atoms with E-state index in [0.29, 0.717) is 11.0 Å². The molecule has 2 heterocycles.